The number of likely N-dealkylation sites (N-methyl/N-ethyl adjacent to an activating group) is 1. The van der Waals surface area contributed by atoms with Gasteiger partial charge in [-0.2, -0.15) is 0 Å². The highest BCUT2D eigenvalue weighted by molar-refractivity contribution is 5.84. The number of benzene rings is 1. The van der Waals surface area contributed by atoms with E-state index in [9.17, 15) is 4.79 Å². The number of fused-ring (bicyclic) bond motifs is 3. The quantitative estimate of drug-likeness (QED) is 0.844. The fourth-order valence-corrected chi connectivity index (χ4v) is 4.17. The zero-order chi connectivity index (χ0) is 18.1. The van der Waals surface area contributed by atoms with Crippen LogP contribution in [0.15, 0.2) is 22.6 Å². The third-order valence-electron chi connectivity index (χ3n) is 5.77. The molecule has 1 atom stereocenters. The molecule has 1 amide bonds. The Bertz CT molecular complexity index is 796. The first-order valence-electron chi connectivity index (χ1n) is 9.73. The lowest BCUT2D eigenvalue weighted by molar-refractivity contribution is -0.135. The number of furan rings is 1. The Balaban J connectivity index is 1.42. The Labute approximate surface area is 154 Å². The van der Waals surface area contributed by atoms with Crippen LogP contribution in [0.1, 0.15) is 37.0 Å². The van der Waals surface area contributed by atoms with E-state index in [0.29, 0.717) is 6.04 Å². The molecule has 2 heterocycles. The van der Waals surface area contributed by atoms with E-state index in [4.69, 9.17) is 9.15 Å². The van der Waals surface area contributed by atoms with Crippen LogP contribution in [0, 0.1) is 0 Å². The van der Waals surface area contributed by atoms with Crippen molar-refractivity contribution in [3.63, 3.8) is 0 Å². The maximum atomic E-state index is 12.5. The number of rotatable bonds is 4. The second-order valence-electron chi connectivity index (χ2n) is 7.76. The summed E-state index contributed by atoms with van der Waals surface area (Å²) in [7, 11) is 4.16. The number of carbonyl (C=O) groups is 1. The van der Waals surface area contributed by atoms with Crippen LogP contribution < -0.4 is 4.74 Å². The molecule has 1 saturated heterocycles. The lowest BCUT2D eigenvalue weighted by Crippen LogP contribution is -2.48. The van der Waals surface area contributed by atoms with Gasteiger partial charge in [0.15, 0.2) is 6.61 Å². The summed E-state index contributed by atoms with van der Waals surface area (Å²) < 4.78 is 11.8. The fourth-order valence-electron chi connectivity index (χ4n) is 4.17. The van der Waals surface area contributed by atoms with Gasteiger partial charge in [0, 0.05) is 36.5 Å². The average molecular weight is 356 g/mol. The molecule has 1 aromatic heterocycles. The topological polar surface area (TPSA) is 45.9 Å². The standard InChI is InChI=1S/C21H28N2O3/c1-22(2)15-6-5-11-23(13-15)21(24)14-25-16-9-10-20-18(12-16)17-7-3-4-8-19(17)26-20/h9-10,12,15H,3-8,11,13-14H2,1-2H3. The Kier molecular flexibility index (Phi) is 4.90. The smallest absolute Gasteiger partial charge is 0.260 e. The van der Waals surface area contributed by atoms with Gasteiger partial charge in [0.1, 0.15) is 17.1 Å². The molecule has 0 bridgehead atoms. The minimum Gasteiger partial charge on any atom is -0.484 e. The molecule has 0 radical (unpaired) electrons. The van der Waals surface area contributed by atoms with Crippen molar-refractivity contribution in [3.8, 4) is 5.75 Å². The van der Waals surface area contributed by atoms with Gasteiger partial charge >= 0.3 is 0 Å². The van der Waals surface area contributed by atoms with E-state index in [1.807, 2.05) is 23.1 Å². The number of carbonyl (C=O) groups excluding carboxylic acids is 1. The molecular formula is C21H28N2O3. The van der Waals surface area contributed by atoms with Crippen molar-refractivity contribution < 1.29 is 13.9 Å². The molecule has 5 nitrogen and oxygen atoms in total. The number of likely N-dealkylation sites (tertiary alicyclic amines) is 1. The van der Waals surface area contributed by atoms with Gasteiger partial charge < -0.3 is 19.0 Å². The Morgan fingerprint density at radius 2 is 2.12 bits per heavy atom. The molecule has 1 aromatic carbocycles. The van der Waals surface area contributed by atoms with Crippen LogP contribution in [0.25, 0.3) is 11.0 Å². The zero-order valence-electron chi connectivity index (χ0n) is 15.8. The highest BCUT2D eigenvalue weighted by Crippen LogP contribution is 2.33. The molecule has 1 fully saturated rings. The van der Waals surface area contributed by atoms with Crippen molar-refractivity contribution in [2.24, 2.45) is 0 Å². The number of nitrogens with zero attached hydrogens (tertiary/aromatic N) is 2. The summed E-state index contributed by atoms with van der Waals surface area (Å²) in [4.78, 5) is 16.7. The van der Waals surface area contributed by atoms with Gasteiger partial charge in [0.05, 0.1) is 0 Å². The van der Waals surface area contributed by atoms with E-state index in [1.165, 1.54) is 18.4 Å². The average Bonchev–Trinajstić information content (AvgIpc) is 3.04. The summed E-state index contributed by atoms with van der Waals surface area (Å²) in [5.41, 5.74) is 2.26. The first kappa shape index (κ1) is 17.4. The first-order chi connectivity index (χ1) is 12.6. The van der Waals surface area contributed by atoms with Crippen molar-refractivity contribution in [2.75, 3.05) is 33.8 Å². The lowest BCUT2D eigenvalue weighted by Gasteiger charge is -2.36. The molecule has 2 aromatic rings. The van der Waals surface area contributed by atoms with Crippen molar-refractivity contribution in [1.29, 1.82) is 0 Å². The van der Waals surface area contributed by atoms with Crippen LogP contribution in [0.5, 0.6) is 5.75 Å². The molecule has 0 N–H and O–H groups in total. The normalized spacial score (nSPS) is 20.4. The van der Waals surface area contributed by atoms with E-state index in [2.05, 4.69) is 19.0 Å². The fraction of sp³-hybridized carbons (Fsp3) is 0.571. The maximum absolute atomic E-state index is 12.5. The van der Waals surface area contributed by atoms with Crippen LogP contribution in [0.2, 0.25) is 0 Å². The largest absolute Gasteiger partial charge is 0.484 e. The highest BCUT2D eigenvalue weighted by Gasteiger charge is 2.25. The van der Waals surface area contributed by atoms with Crippen LogP contribution in [-0.4, -0.2) is 55.5 Å². The summed E-state index contributed by atoms with van der Waals surface area (Å²) in [6.45, 7) is 1.73. The predicted octanol–water partition coefficient (Wildman–Crippen LogP) is 3.24. The predicted molar refractivity (Wildman–Crippen MR) is 102 cm³/mol. The Hall–Kier alpha value is -2.01. The van der Waals surface area contributed by atoms with Crippen molar-refractivity contribution >= 4 is 16.9 Å². The lowest BCUT2D eigenvalue weighted by atomic mass is 9.96. The monoisotopic (exact) mass is 356 g/mol. The molecule has 0 saturated carbocycles. The van der Waals surface area contributed by atoms with Gasteiger partial charge in [-0.15, -0.1) is 0 Å². The van der Waals surface area contributed by atoms with Crippen LogP contribution in [0.3, 0.4) is 0 Å². The molecule has 140 valence electrons. The molecule has 1 aliphatic heterocycles. The van der Waals surface area contributed by atoms with Crippen molar-refractivity contribution in [1.82, 2.24) is 9.80 Å². The van der Waals surface area contributed by atoms with E-state index in [-0.39, 0.29) is 12.5 Å². The maximum Gasteiger partial charge on any atom is 0.260 e. The van der Waals surface area contributed by atoms with Gasteiger partial charge in [-0.3, -0.25) is 4.79 Å². The molecule has 2 aliphatic rings. The van der Waals surface area contributed by atoms with E-state index < -0.39 is 0 Å². The Morgan fingerprint density at radius 1 is 1.27 bits per heavy atom. The van der Waals surface area contributed by atoms with Gasteiger partial charge in [-0.25, -0.2) is 0 Å². The number of ether oxygens (including phenoxy) is 1. The second kappa shape index (κ2) is 7.31. The van der Waals surface area contributed by atoms with E-state index >= 15 is 0 Å². The SMILES string of the molecule is CN(C)C1CCCN(C(=O)COc2ccc3oc4c(c3c2)CCCC4)C1. The minimum absolute atomic E-state index is 0.0749. The van der Waals surface area contributed by atoms with Crippen LogP contribution in [0.4, 0.5) is 0 Å². The number of hydrogen-bond donors (Lipinski definition) is 0. The minimum atomic E-state index is 0.0749. The van der Waals surface area contributed by atoms with E-state index in [1.54, 1.807) is 0 Å². The summed E-state index contributed by atoms with van der Waals surface area (Å²) in [5.74, 6) is 1.95. The third kappa shape index (κ3) is 3.45. The van der Waals surface area contributed by atoms with Crippen LogP contribution in [-0.2, 0) is 17.6 Å². The summed E-state index contributed by atoms with van der Waals surface area (Å²) in [6.07, 6.45) is 6.73. The molecule has 1 unspecified atom stereocenters. The highest BCUT2D eigenvalue weighted by atomic mass is 16.5. The van der Waals surface area contributed by atoms with Gasteiger partial charge in [0.2, 0.25) is 0 Å². The molecule has 5 heteroatoms. The number of amides is 1. The summed E-state index contributed by atoms with van der Waals surface area (Å²) in [5, 5.41) is 1.15. The third-order valence-corrected chi connectivity index (χ3v) is 5.77. The second-order valence-corrected chi connectivity index (χ2v) is 7.76. The summed E-state index contributed by atoms with van der Waals surface area (Å²) in [6, 6.07) is 6.36. The van der Waals surface area contributed by atoms with Gasteiger partial charge in [-0.1, -0.05) is 0 Å². The first-order valence-corrected chi connectivity index (χ1v) is 9.73. The van der Waals surface area contributed by atoms with Crippen molar-refractivity contribution in [2.45, 2.75) is 44.6 Å². The number of aryl methyl sites for hydroxylation is 2. The van der Waals surface area contributed by atoms with Crippen LogP contribution >= 0.6 is 0 Å². The Morgan fingerprint density at radius 3 is 2.96 bits per heavy atom. The molecule has 26 heavy (non-hydrogen) atoms. The van der Waals surface area contributed by atoms with Gasteiger partial charge in [0.25, 0.3) is 5.91 Å². The molecular weight excluding hydrogens is 328 g/mol. The van der Waals surface area contributed by atoms with E-state index in [0.717, 1.165) is 61.3 Å². The zero-order valence-corrected chi connectivity index (χ0v) is 15.8. The summed E-state index contributed by atoms with van der Waals surface area (Å²) >= 11 is 0. The number of hydrogen-bond acceptors (Lipinski definition) is 4. The van der Waals surface area contributed by atoms with Gasteiger partial charge in [-0.05, 0) is 64.4 Å². The molecule has 4 rings (SSSR count). The molecule has 0 spiro atoms. The molecule has 1 aliphatic carbocycles. The van der Waals surface area contributed by atoms with Crippen molar-refractivity contribution in [3.05, 3.63) is 29.5 Å². The number of piperidine rings is 1.